The third-order valence-electron chi connectivity index (χ3n) is 5.68. The maximum atomic E-state index is 12.6. The van der Waals surface area contributed by atoms with Gasteiger partial charge in [0.15, 0.2) is 11.6 Å². The molecule has 0 aromatic heterocycles. The molecule has 0 aromatic carbocycles. The van der Waals surface area contributed by atoms with E-state index in [0.717, 1.165) is 0 Å². The number of Topliss-reactive ketones (excluding diaryl/α,β-unsaturated/α-hetero) is 1. The highest BCUT2D eigenvalue weighted by molar-refractivity contribution is 5.93. The molecule has 0 aliphatic carbocycles. The predicted molar refractivity (Wildman–Crippen MR) is 94.3 cm³/mol. The number of carbonyl (C=O) groups excluding carboxylic acids is 3. The van der Waals surface area contributed by atoms with Crippen LogP contribution in [0.4, 0.5) is 0 Å². The van der Waals surface area contributed by atoms with E-state index >= 15 is 0 Å². The Morgan fingerprint density at radius 1 is 1.44 bits per heavy atom. The van der Waals surface area contributed by atoms with E-state index in [0.29, 0.717) is 11.1 Å². The van der Waals surface area contributed by atoms with Crippen molar-refractivity contribution in [3.05, 3.63) is 35.5 Å². The Balaban J connectivity index is 2.08. The van der Waals surface area contributed by atoms with E-state index in [4.69, 9.17) is 14.2 Å². The zero-order chi connectivity index (χ0) is 20.1. The van der Waals surface area contributed by atoms with Crippen LogP contribution in [0.5, 0.6) is 0 Å². The van der Waals surface area contributed by atoms with E-state index in [9.17, 15) is 19.5 Å². The largest absolute Gasteiger partial charge is 0.458 e. The molecule has 2 bridgehead atoms. The van der Waals surface area contributed by atoms with Gasteiger partial charge in [0.05, 0.1) is 12.3 Å². The van der Waals surface area contributed by atoms with Gasteiger partial charge in [0, 0.05) is 17.6 Å². The van der Waals surface area contributed by atoms with Gasteiger partial charge in [-0.15, -0.1) is 0 Å². The minimum Gasteiger partial charge on any atom is -0.458 e. The number of ketones is 1. The van der Waals surface area contributed by atoms with Crippen LogP contribution in [-0.2, 0) is 28.6 Å². The molecule has 2 fully saturated rings. The first-order chi connectivity index (χ1) is 12.5. The molecule has 2 saturated heterocycles. The first kappa shape index (κ1) is 19.5. The van der Waals surface area contributed by atoms with Crippen LogP contribution in [0.15, 0.2) is 35.5 Å². The van der Waals surface area contributed by atoms with E-state index in [-0.39, 0.29) is 24.2 Å². The average molecular weight is 376 g/mol. The van der Waals surface area contributed by atoms with E-state index in [1.165, 1.54) is 0 Å². The van der Waals surface area contributed by atoms with Crippen LogP contribution in [-0.4, -0.2) is 46.4 Å². The van der Waals surface area contributed by atoms with Crippen LogP contribution in [0.1, 0.15) is 40.5 Å². The molecular formula is C20H24O7. The number of allylic oxidation sites excluding steroid dienone is 1. The number of esters is 2. The van der Waals surface area contributed by atoms with Crippen LogP contribution in [0.2, 0.25) is 0 Å². The van der Waals surface area contributed by atoms with Gasteiger partial charge < -0.3 is 19.3 Å². The van der Waals surface area contributed by atoms with Crippen LogP contribution in [0.3, 0.4) is 0 Å². The van der Waals surface area contributed by atoms with Crippen LogP contribution >= 0.6 is 0 Å². The summed E-state index contributed by atoms with van der Waals surface area (Å²) in [6.07, 6.45) is 1.28. The van der Waals surface area contributed by atoms with Crippen molar-refractivity contribution >= 4 is 17.7 Å². The second-order valence-electron chi connectivity index (χ2n) is 7.61. The highest BCUT2D eigenvalue weighted by Gasteiger charge is 2.58. The zero-order valence-corrected chi connectivity index (χ0v) is 15.9. The predicted octanol–water partition coefficient (Wildman–Crippen LogP) is 1.75. The summed E-state index contributed by atoms with van der Waals surface area (Å²) < 4.78 is 16.8. The quantitative estimate of drug-likeness (QED) is 0.445. The van der Waals surface area contributed by atoms with Gasteiger partial charge in [-0.05, 0) is 39.3 Å². The normalized spacial score (nSPS) is 41.1. The summed E-state index contributed by atoms with van der Waals surface area (Å²) in [5.74, 6) is -3.88. The summed E-state index contributed by atoms with van der Waals surface area (Å²) in [5.41, 5.74) is -0.428. The minimum atomic E-state index is -1.77. The molecule has 0 amide bonds. The number of aliphatic hydroxyl groups is 1. The highest BCUT2D eigenvalue weighted by atomic mass is 16.7. The number of carbonyl (C=O) groups is 3. The first-order valence-electron chi connectivity index (χ1n) is 8.89. The Bertz CT molecular complexity index is 792. The molecule has 1 N–H and O–H groups in total. The van der Waals surface area contributed by atoms with Gasteiger partial charge in [-0.25, -0.2) is 9.59 Å². The van der Waals surface area contributed by atoms with Crippen molar-refractivity contribution in [1.82, 2.24) is 0 Å². The molecule has 0 spiro atoms. The Labute approximate surface area is 157 Å². The molecule has 0 radical (unpaired) electrons. The molecule has 0 saturated carbocycles. The van der Waals surface area contributed by atoms with Crippen molar-refractivity contribution in [1.29, 1.82) is 0 Å². The Hall–Kier alpha value is -2.25. The molecule has 5 atom stereocenters. The lowest BCUT2D eigenvalue weighted by Crippen LogP contribution is -2.43. The third kappa shape index (κ3) is 3.15. The summed E-state index contributed by atoms with van der Waals surface area (Å²) in [7, 11) is 0. The lowest BCUT2D eigenvalue weighted by atomic mass is 9.81. The van der Waals surface area contributed by atoms with Crippen molar-refractivity contribution in [2.24, 2.45) is 5.92 Å². The fourth-order valence-electron chi connectivity index (χ4n) is 3.78. The van der Waals surface area contributed by atoms with E-state index in [1.54, 1.807) is 39.8 Å². The van der Waals surface area contributed by atoms with Crippen LogP contribution in [0, 0.1) is 5.92 Å². The molecule has 0 aromatic rings. The topological polar surface area (TPSA) is 99.1 Å². The monoisotopic (exact) mass is 376 g/mol. The lowest BCUT2D eigenvalue weighted by molar-refractivity contribution is -0.202. The minimum absolute atomic E-state index is 0.0190. The average Bonchev–Trinajstić information content (AvgIpc) is 2.99. The van der Waals surface area contributed by atoms with Crippen molar-refractivity contribution in [3.63, 3.8) is 0 Å². The maximum Gasteiger partial charge on any atom is 0.334 e. The van der Waals surface area contributed by atoms with Crippen LogP contribution in [0.25, 0.3) is 0 Å². The third-order valence-corrected chi connectivity index (χ3v) is 5.68. The summed E-state index contributed by atoms with van der Waals surface area (Å²) >= 11 is 0. The molecule has 0 unspecified atom stereocenters. The molecule has 7 heteroatoms. The summed E-state index contributed by atoms with van der Waals surface area (Å²) in [4.78, 5) is 37.1. The van der Waals surface area contributed by atoms with Crippen molar-refractivity contribution in [3.8, 4) is 0 Å². The fraction of sp³-hybridized carbons (Fsp3) is 0.550. The zero-order valence-electron chi connectivity index (χ0n) is 15.9. The molecule has 27 heavy (non-hydrogen) atoms. The van der Waals surface area contributed by atoms with Gasteiger partial charge in [-0.1, -0.05) is 12.7 Å². The van der Waals surface area contributed by atoms with E-state index < -0.39 is 41.5 Å². The number of hydrogen-bond donors (Lipinski definition) is 1. The van der Waals surface area contributed by atoms with Gasteiger partial charge >= 0.3 is 11.9 Å². The lowest BCUT2D eigenvalue weighted by Gasteiger charge is -2.32. The highest BCUT2D eigenvalue weighted by Crippen LogP contribution is 2.46. The number of rotatable bonds is 2. The fourth-order valence-corrected chi connectivity index (χ4v) is 3.78. The molecule has 3 heterocycles. The van der Waals surface area contributed by atoms with Crippen molar-refractivity contribution < 1.29 is 33.7 Å². The van der Waals surface area contributed by atoms with E-state index in [1.807, 2.05) is 0 Å². The van der Waals surface area contributed by atoms with Gasteiger partial charge in [0.25, 0.3) is 0 Å². The standard InChI is InChI=1S/C20H24O7/c1-6-10(2)17(22)26-14-8-19(5)15(21)9-20(24,27-19)11(3)7-13-16(14)12(4)18(23)25-13/h6-7,13-14,16,24H,4,8-9H2,1-3,5H3/b10-6+,11-7-/t13-,14-,16+,19-,20-/m1/s1. The molecule has 146 valence electrons. The van der Waals surface area contributed by atoms with Gasteiger partial charge in [-0.3, -0.25) is 4.79 Å². The molecule has 7 nitrogen and oxygen atoms in total. The Kier molecular flexibility index (Phi) is 4.64. The van der Waals surface area contributed by atoms with E-state index in [2.05, 4.69) is 6.58 Å². The van der Waals surface area contributed by atoms with Gasteiger partial charge in [0.2, 0.25) is 0 Å². The summed E-state index contributed by atoms with van der Waals surface area (Å²) in [6, 6.07) is 0. The molecule has 3 aliphatic heterocycles. The Morgan fingerprint density at radius 3 is 2.74 bits per heavy atom. The van der Waals surface area contributed by atoms with Crippen LogP contribution < -0.4 is 0 Å². The maximum absolute atomic E-state index is 12.6. The number of hydrogen-bond acceptors (Lipinski definition) is 7. The summed E-state index contributed by atoms with van der Waals surface area (Å²) in [5, 5.41) is 10.8. The smallest absolute Gasteiger partial charge is 0.334 e. The molecule has 3 aliphatic rings. The number of fused-ring (bicyclic) bond motifs is 3. The van der Waals surface area contributed by atoms with Crippen molar-refractivity contribution in [2.45, 2.75) is 64.1 Å². The Morgan fingerprint density at radius 2 is 2.11 bits per heavy atom. The van der Waals surface area contributed by atoms with Crippen molar-refractivity contribution in [2.75, 3.05) is 0 Å². The SMILES string of the molecule is C=C1C(=O)O[C@@H]2/C=C(/C)[C@@]3(O)CC(=O)[C@@](C)(C[C@@H](OC(=O)/C(C)=C/C)[C@@H]12)O3. The first-order valence-corrected chi connectivity index (χ1v) is 8.89. The molecular weight excluding hydrogens is 352 g/mol. The van der Waals surface area contributed by atoms with Gasteiger partial charge in [0.1, 0.15) is 17.8 Å². The second kappa shape index (κ2) is 6.42. The second-order valence-corrected chi connectivity index (χ2v) is 7.61. The van der Waals surface area contributed by atoms with Gasteiger partial charge in [-0.2, -0.15) is 0 Å². The number of ether oxygens (including phenoxy) is 3. The molecule has 3 rings (SSSR count). The summed E-state index contributed by atoms with van der Waals surface area (Å²) in [6.45, 7) is 10.3.